The van der Waals surface area contributed by atoms with Crippen LogP contribution in [-0.2, 0) is 17.8 Å². The van der Waals surface area contributed by atoms with E-state index < -0.39 is 0 Å². The number of carbonyl (C=O) groups excluding carboxylic acids is 1. The van der Waals surface area contributed by atoms with Gasteiger partial charge in [0.1, 0.15) is 17.4 Å². The summed E-state index contributed by atoms with van der Waals surface area (Å²) in [5.74, 6) is 0.0202. The molecule has 3 rings (SSSR count). The highest BCUT2D eigenvalue weighted by Crippen LogP contribution is 2.11. The van der Waals surface area contributed by atoms with Crippen LogP contribution in [0.25, 0.3) is 0 Å². The number of carbonyl (C=O) groups is 1. The summed E-state index contributed by atoms with van der Waals surface area (Å²) in [5, 5.41) is 21.7. The minimum atomic E-state index is -0.219. The SMILES string of the molecule is N#C/C(=C/NCCc1ccc(O)cc1)C(=O)N1CCN(Cc2ccccc2)CC1. The van der Waals surface area contributed by atoms with Gasteiger partial charge in [0.05, 0.1) is 0 Å². The first-order chi connectivity index (χ1) is 14.2. The van der Waals surface area contributed by atoms with Gasteiger partial charge in [0.2, 0.25) is 0 Å². The zero-order valence-corrected chi connectivity index (χ0v) is 16.4. The minimum Gasteiger partial charge on any atom is -0.508 e. The highest BCUT2D eigenvalue weighted by atomic mass is 16.3. The van der Waals surface area contributed by atoms with Crippen molar-refractivity contribution >= 4 is 5.91 Å². The molecule has 6 heteroatoms. The molecule has 0 bridgehead atoms. The third-order valence-electron chi connectivity index (χ3n) is 5.00. The van der Waals surface area contributed by atoms with Crippen LogP contribution in [0.1, 0.15) is 11.1 Å². The van der Waals surface area contributed by atoms with E-state index in [2.05, 4.69) is 22.3 Å². The van der Waals surface area contributed by atoms with Crippen molar-refractivity contribution in [1.82, 2.24) is 15.1 Å². The molecule has 2 aromatic carbocycles. The molecule has 1 aliphatic heterocycles. The molecule has 150 valence electrons. The van der Waals surface area contributed by atoms with Gasteiger partial charge in [-0.05, 0) is 29.7 Å². The standard InChI is InChI=1S/C23H26N4O2/c24-16-21(17-25-11-10-19-6-8-22(28)9-7-19)23(29)27-14-12-26(13-15-27)18-20-4-2-1-3-5-20/h1-9,17,25,28H,10-15,18H2/b21-17-. The second-order valence-corrected chi connectivity index (χ2v) is 7.09. The molecule has 1 amide bonds. The van der Waals surface area contributed by atoms with E-state index in [1.165, 1.54) is 11.8 Å². The number of benzene rings is 2. The van der Waals surface area contributed by atoms with E-state index in [1.807, 2.05) is 36.4 Å². The predicted molar refractivity (Wildman–Crippen MR) is 112 cm³/mol. The summed E-state index contributed by atoms with van der Waals surface area (Å²) in [6.45, 7) is 4.33. The van der Waals surface area contributed by atoms with Gasteiger partial charge in [-0.15, -0.1) is 0 Å². The topological polar surface area (TPSA) is 79.6 Å². The molecule has 1 aliphatic rings. The summed E-state index contributed by atoms with van der Waals surface area (Å²) in [4.78, 5) is 16.7. The van der Waals surface area contributed by atoms with Crippen molar-refractivity contribution in [2.24, 2.45) is 0 Å². The Balaban J connectivity index is 1.45. The van der Waals surface area contributed by atoms with Crippen molar-refractivity contribution in [2.75, 3.05) is 32.7 Å². The van der Waals surface area contributed by atoms with Crippen LogP contribution in [0, 0.1) is 11.3 Å². The van der Waals surface area contributed by atoms with Gasteiger partial charge in [0.15, 0.2) is 0 Å². The van der Waals surface area contributed by atoms with Gasteiger partial charge < -0.3 is 15.3 Å². The Hall–Kier alpha value is -3.30. The van der Waals surface area contributed by atoms with Crippen molar-refractivity contribution in [3.05, 3.63) is 77.5 Å². The molecule has 2 aromatic rings. The number of phenols is 1. The Kier molecular flexibility index (Phi) is 7.26. The molecule has 1 saturated heterocycles. The fraction of sp³-hybridized carbons (Fsp3) is 0.304. The summed E-state index contributed by atoms with van der Waals surface area (Å²) in [6.07, 6.45) is 2.25. The van der Waals surface area contributed by atoms with E-state index in [4.69, 9.17) is 0 Å². The highest BCUT2D eigenvalue weighted by molar-refractivity contribution is 5.97. The van der Waals surface area contributed by atoms with Gasteiger partial charge in [-0.2, -0.15) is 5.26 Å². The summed E-state index contributed by atoms with van der Waals surface area (Å²) >= 11 is 0. The maximum Gasteiger partial charge on any atom is 0.266 e. The third-order valence-corrected chi connectivity index (χ3v) is 5.00. The molecule has 6 nitrogen and oxygen atoms in total. The van der Waals surface area contributed by atoms with E-state index in [-0.39, 0.29) is 17.2 Å². The van der Waals surface area contributed by atoms with Crippen LogP contribution in [0.2, 0.25) is 0 Å². The lowest BCUT2D eigenvalue weighted by molar-refractivity contribution is -0.128. The molecule has 29 heavy (non-hydrogen) atoms. The summed E-state index contributed by atoms with van der Waals surface area (Å²) in [5.41, 5.74) is 2.47. The lowest BCUT2D eigenvalue weighted by Gasteiger charge is -2.34. The van der Waals surface area contributed by atoms with Gasteiger partial charge in [-0.25, -0.2) is 0 Å². The Morgan fingerprint density at radius 1 is 1.03 bits per heavy atom. The molecule has 2 N–H and O–H groups in total. The monoisotopic (exact) mass is 390 g/mol. The van der Waals surface area contributed by atoms with E-state index in [1.54, 1.807) is 17.0 Å². The number of phenolic OH excluding ortho intramolecular Hbond substituents is 1. The van der Waals surface area contributed by atoms with Crippen molar-refractivity contribution in [1.29, 1.82) is 5.26 Å². The first-order valence-corrected chi connectivity index (χ1v) is 9.83. The highest BCUT2D eigenvalue weighted by Gasteiger charge is 2.23. The zero-order chi connectivity index (χ0) is 20.5. The molecule has 0 aliphatic carbocycles. The fourth-order valence-corrected chi connectivity index (χ4v) is 3.32. The first kappa shape index (κ1) is 20.4. The molecule has 0 aromatic heterocycles. The number of amides is 1. The number of nitriles is 1. The number of piperazine rings is 1. The van der Waals surface area contributed by atoms with Crippen LogP contribution < -0.4 is 5.32 Å². The first-order valence-electron chi connectivity index (χ1n) is 9.83. The Labute approximate surface area is 171 Å². The lowest BCUT2D eigenvalue weighted by Crippen LogP contribution is -2.48. The van der Waals surface area contributed by atoms with Gasteiger partial charge in [-0.1, -0.05) is 42.5 Å². The fourth-order valence-electron chi connectivity index (χ4n) is 3.32. The molecular weight excluding hydrogens is 364 g/mol. The number of rotatable bonds is 7. The van der Waals surface area contributed by atoms with Crippen molar-refractivity contribution in [3.63, 3.8) is 0 Å². The largest absolute Gasteiger partial charge is 0.508 e. The number of aromatic hydroxyl groups is 1. The minimum absolute atomic E-state index is 0.132. The second-order valence-electron chi connectivity index (χ2n) is 7.09. The quantitative estimate of drug-likeness (QED) is 0.431. The maximum atomic E-state index is 12.6. The number of hydrogen-bond donors (Lipinski definition) is 2. The average molecular weight is 390 g/mol. The van der Waals surface area contributed by atoms with Crippen LogP contribution >= 0.6 is 0 Å². The Morgan fingerprint density at radius 2 is 1.72 bits per heavy atom. The van der Waals surface area contributed by atoms with Crippen LogP contribution in [0.3, 0.4) is 0 Å². The number of nitrogens with one attached hydrogen (secondary N) is 1. The van der Waals surface area contributed by atoms with Crippen LogP contribution in [0.15, 0.2) is 66.4 Å². The van der Waals surface area contributed by atoms with Crippen LogP contribution in [0.4, 0.5) is 0 Å². The molecule has 0 unspecified atom stereocenters. The maximum absolute atomic E-state index is 12.6. The number of hydrogen-bond acceptors (Lipinski definition) is 5. The van der Waals surface area contributed by atoms with Gasteiger partial charge in [0, 0.05) is 45.5 Å². The molecule has 1 fully saturated rings. The van der Waals surface area contributed by atoms with E-state index in [9.17, 15) is 15.2 Å². The Bertz CT molecular complexity index is 864. The smallest absolute Gasteiger partial charge is 0.266 e. The molecule has 1 heterocycles. The van der Waals surface area contributed by atoms with Crippen molar-refractivity contribution in [2.45, 2.75) is 13.0 Å². The summed E-state index contributed by atoms with van der Waals surface area (Å²) in [7, 11) is 0. The molecular formula is C23H26N4O2. The molecule has 0 atom stereocenters. The normalized spacial score (nSPS) is 15.0. The lowest BCUT2D eigenvalue weighted by atomic mass is 10.1. The Morgan fingerprint density at radius 3 is 2.38 bits per heavy atom. The van der Waals surface area contributed by atoms with E-state index in [0.29, 0.717) is 19.6 Å². The number of nitrogens with zero attached hydrogens (tertiary/aromatic N) is 3. The van der Waals surface area contributed by atoms with Crippen molar-refractivity contribution in [3.8, 4) is 11.8 Å². The predicted octanol–water partition coefficient (Wildman–Crippen LogP) is 2.28. The molecule has 0 saturated carbocycles. The van der Waals surface area contributed by atoms with Crippen molar-refractivity contribution < 1.29 is 9.90 Å². The zero-order valence-electron chi connectivity index (χ0n) is 16.4. The molecule has 0 radical (unpaired) electrons. The average Bonchev–Trinajstić information content (AvgIpc) is 2.76. The summed E-state index contributed by atoms with van der Waals surface area (Å²) < 4.78 is 0. The third kappa shape index (κ3) is 6.09. The second kappa shape index (κ2) is 10.3. The van der Waals surface area contributed by atoms with Gasteiger partial charge in [-0.3, -0.25) is 9.69 Å². The van der Waals surface area contributed by atoms with E-state index >= 15 is 0 Å². The van der Waals surface area contributed by atoms with Gasteiger partial charge in [0.25, 0.3) is 5.91 Å². The van der Waals surface area contributed by atoms with Crippen LogP contribution in [0.5, 0.6) is 5.75 Å². The molecule has 0 spiro atoms. The van der Waals surface area contributed by atoms with Crippen LogP contribution in [-0.4, -0.2) is 53.5 Å². The summed E-state index contributed by atoms with van der Waals surface area (Å²) in [6, 6.07) is 19.3. The van der Waals surface area contributed by atoms with Gasteiger partial charge >= 0.3 is 0 Å². The van der Waals surface area contributed by atoms with E-state index in [0.717, 1.165) is 31.6 Å².